The maximum absolute atomic E-state index is 10.6. The Morgan fingerprint density at radius 1 is 0.960 bits per heavy atom. The van der Waals surface area contributed by atoms with Crippen LogP contribution in [0.15, 0.2) is 36.7 Å². The van der Waals surface area contributed by atoms with Crippen molar-refractivity contribution in [1.82, 2.24) is 9.97 Å². The van der Waals surface area contributed by atoms with Crippen molar-refractivity contribution < 1.29 is 29.6 Å². The molecule has 0 spiro atoms. The van der Waals surface area contributed by atoms with Crippen molar-refractivity contribution in [2.75, 3.05) is 13.2 Å². The molecule has 0 aliphatic carbocycles. The van der Waals surface area contributed by atoms with Crippen LogP contribution in [-0.2, 0) is 4.74 Å². The molecule has 1 saturated heterocycles. The first-order valence-corrected chi connectivity index (χ1v) is 7.53. The summed E-state index contributed by atoms with van der Waals surface area (Å²) in [6.45, 7) is 3.36. The lowest BCUT2D eigenvalue weighted by atomic mass is 10.2. The van der Waals surface area contributed by atoms with Gasteiger partial charge in [-0.05, 0) is 37.1 Å². The van der Waals surface area contributed by atoms with E-state index in [-0.39, 0.29) is 28.7 Å². The van der Waals surface area contributed by atoms with Crippen molar-refractivity contribution in [3.8, 4) is 11.5 Å². The van der Waals surface area contributed by atoms with E-state index in [1.165, 1.54) is 50.4 Å². The molecule has 3 heterocycles. The molecule has 1 aliphatic rings. The third kappa shape index (κ3) is 7.40. The zero-order chi connectivity index (χ0) is 18.7. The number of rotatable bonds is 2. The summed E-state index contributed by atoms with van der Waals surface area (Å²) in [6, 6.07) is 5.74. The highest BCUT2D eigenvalue weighted by atomic mass is 16.5. The number of aromatic carboxylic acids is 1. The van der Waals surface area contributed by atoms with Crippen LogP contribution in [0.4, 0.5) is 0 Å². The van der Waals surface area contributed by atoms with Gasteiger partial charge >= 0.3 is 5.97 Å². The van der Waals surface area contributed by atoms with Gasteiger partial charge in [0.1, 0.15) is 17.2 Å². The van der Waals surface area contributed by atoms with E-state index in [0.29, 0.717) is 0 Å². The number of nitrogens with zero attached hydrogens (tertiary/aromatic N) is 2. The van der Waals surface area contributed by atoms with E-state index in [1.807, 2.05) is 0 Å². The molecule has 8 nitrogen and oxygen atoms in total. The fourth-order valence-corrected chi connectivity index (χ4v) is 1.74. The molecule has 2 aromatic heterocycles. The standard InChI is InChI=1S/C7H7NO2.C6H5NO3.C4H8O/c1-5(9)7-6(10)3-2-4-8-7;8-4-2-1-3-7-5(4)6(9)10;1-2-4-5-3-1/h2-4,10H,1H3;1-3,8H,(H,9,10);1-4H2. The fraction of sp³-hybridized carbons (Fsp3) is 0.294. The Kier molecular flexibility index (Phi) is 8.59. The Hall–Kier alpha value is -3.00. The maximum atomic E-state index is 10.6. The van der Waals surface area contributed by atoms with Crippen LogP contribution in [0.3, 0.4) is 0 Å². The summed E-state index contributed by atoms with van der Waals surface area (Å²) in [5.41, 5.74) is -0.190. The lowest BCUT2D eigenvalue weighted by Gasteiger charge is -1.95. The number of ketones is 1. The molecule has 0 radical (unpaired) electrons. The summed E-state index contributed by atoms with van der Waals surface area (Å²) in [5, 5.41) is 26.2. The number of aromatic nitrogens is 2. The molecule has 0 amide bonds. The van der Waals surface area contributed by atoms with Crippen molar-refractivity contribution in [1.29, 1.82) is 0 Å². The average molecular weight is 348 g/mol. The summed E-state index contributed by atoms with van der Waals surface area (Å²) < 4.78 is 4.94. The summed E-state index contributed by atoms with van der Waals surface area (Å²) >= 11 is 0. The first-order valence-electron chi connectivity index (χ1n) is 7.53. The number of hydrogen-bond donors (Lipinski definition) is 3. The molecule has 0 saturated carbocycles. The predicted molar refractivity (Wildman–Crippen MR) is 88.8 cm³/mol. The van der Waals surface area contributed by atoms with Crippen molar-refractivity contribution in [3.05, 3.63) is 48.0 Å². The first-order chi connectivity index (χ1) is 11.9. The van der Waals surface area contributed by atoms with E-state index < -0.39 is 5.97 Å². The monoisotopic (exact) mass is 348 g/mol. The lowest BCUT2D eigenvalue weighted by Crippen LogP contribution is -1.99. The average Bonchev–Trinajstić information content (AvgIpc) is 3.15. The van der Waals surface area contributed by atoms with Crippen LogP contribution >= 0.6 is 0 Å². The Morgan fingerprint density at radius 3 is 1.68 bits per heavy atom. The minimum atomic E-state index is -1.22. The van der Waals surface area contributed by atoms with E-state index in [2.05, 4.69) is 9.97 Å². The topological polar surface area (TPSA) is 130 Å². The fourth-order valence-electron chi connectivity index (χ4n) is 1.74. The molecule has 0 bridgehead atoms. The molecule has 0 unspecified atom stereocenters. The Balaban J connectivity index is 0.000000198. The predicted octanol–water partition coefficient (Wildman–Crippen LogP) is 2.27. The van der Waals surface area contributed by atoms with Crippen molar-refractivity contribution in [2.45, 2.75) is 19.8 Å². The van der Waals surface area contributed by atoms with Crippen LogP contribution in [-0.4, -0.2) is 50.3 Å². The van der Waals surface area contributed by atoms with Gasteiger partial charge in [-0.25, -0.2) is 14.8 Å². The van der Waals surface area contributed by atoms with Crippen LogP contribution < -0.4 is 0 Å². The number of Topliss-reactive ketones (excluding diaryl/α,β-unsaturated/α-hetero) is 1. The third-order valence-electron chi connectivity index (χ3n) is 2.94. The summed E-state index contributed by atoms with van der Waals surface area (Å²) in [5.74, 6) is -1.82. The third-order valence-corrected chi connectivity index (χ3v) is 2.94. The number of carbonyl (C=O) groups excluding carboxylic acids is 1. The van der Waals surface area contributed by atoms with Crippen LogP contribution in [0.1, 0.15) is 40.7 Å². The van der Waals surface area contributed by atoms with Gasteiger partial charge in [0.2, 0.25) is 0 Å². The smallest absolute Gasteiger partial charge is 0.358 e. The zero-order valence-corrected chi connectivity index (χ0v) is 13.8. The van der Waals surface area contributed by atoms with Crippen LogP contribution in [0, 0.1) is 0 Å². The van der Waals surface area contributed by atoms with Gasteiger partial charge in [0, 0.05) is 32.5 Å². The van der Waals surface area contributed by atoms with Gasteiger partial charge in [0.05, 0.1) is 0 Å². The number of carbonyl (C=O) groups is 2. The molecule has 25 heavy (non-hydrogen) atoms. The molecule has 3 rings (SSSR count). The molecule has 134 valence electrons. The van der Waals surface area contributed by atoms with Gasteiger partial charge in [-0.15, -0.1) is 0 Å². The van der Waals surface area contributed by atoms with Crippen molar-refractivity contribution in [2.24, 2.45) is 0 Å². The molecule has 3 N–H and O–H groups in total. The highest BCUT2D eigenvalue weighted by Gasteiger charge is 2.08. The van der Waals surface area contributed by atoms with Crippen LogP contribution in [0.2, 0.25) is 0 Å². The van der Waals surface area contributed by atoms with Gasteiger partial charge in [-0.2, -0.15) is 0 Å². The van der Waals surface area contributed by atoms with Crippen LogP contribution in [0.25, 0.3) is 0 Å². The molecule has 0 atom stereocenters. The van der Waals surface area contributed by atoms with Gasteiger partial charge in [0.15, 0.2) is 11.5 Å². The highest BCUT2D eigenvalue weighted by molar-refractivity contribution is 5.94. The molecular formula is C17H20N2O6. The zero-order valence-electron chi connectivity index (χ0n) is 13.8. The van der Waals surface area contributed by atoms with E-state index in [9.17, 15) is 9.59 Å². The van der Waals surface area contributed by atoms with Gasteiger partial charge in [-0.1, -0.05) is 0 Å². The van der Waals surface area contributed by atoms with E-state index in [0.717, 1.165) is 13.2 Å². The van der Waals surface area contributed by atoms with E-state index >= 15 is 0 Å². The number of carboxylic acids is 1. The SMILES string of the molecule is C1CCOC1.CC(=O)c1ncccc1O.O=C(O)c1ncccc1O. The molecule has 2 aromatic rings. The second-order valence-corrected chi connectivity index (χ2v) is 4.92. The molecule has 1 fully saturated rings. The Labute approximate surface area is 144 Å². The van der Waals surface area contributed by atoms with Crippen LogP contribution in [0.5, 0.6) is 11.5 Å². The number of carboxylic acid groups (broad SMARTS) is 1. The summed E-state index contributed by atoms with van der Waals surface area (Å²) in [7, 11) is 0. The minimum absolute atomic E-state index is 0.0602. The largest absolute Gasteiger partial charge is 0.506 e. The molecule has 8 heteroatoms. The van der Waals surface area contributed by atoms with Crippen molar-refractivity contribution in [3.63, 3.8) is 0 Å². The first kappa shape index (κ1) is 20.0. The van der Waals surface area contributed by atoms with E-state index in [4.69, 9.17) is 20.1 Å². The highest BCUT2D eigenvalue weighted by Crippen LogP contribution is 2.12. The summed E-state index contributed by atoms with van der Waals surface area (Å²) in [4.78, 5) is 27.9. The van der Waals surface area contributed by atoms with Crippen molar-refractivity contribution >= 4 is 11.8 Å². The number of aromatic hydroxyl groups is 2. The molecular weight excluding hydrogens is 328 g/mol. The molecule has 1 aliphatic heterocycles. The Morgan fingerprint density at radius 2 is 1.44 bits per heavy atom. The van der Waals surface area contributed by atoms with Gasteiger partial charge in [0.25, 0.3) is 0 Å². The molecule has 0 aromatic carbocycles. The number of pyridine rings is 2. The normalized spacial score (nSPS) is 12.2. The quantitative estimate of drug-likeness (QED) is 0.705. The van der Waals surface area contributed by atoms with E-state index in [1.54, 1.807) is 6.07 Å². The minimum Gasteiger partial charge on any atom is -0.506 e. The lowest BCUT2D eigenvalue weighted by molar-refractivity contribution is 0.0686. The second-order valence-electron chi connectivity index (χ2n) is 4.92. The number of hydrogen-bond acceptors (Lipinski definition) is 7. The maximum Gasteiger partial charge on any atom is 0.358 e. The second kappa shape index (κ2) is 10.7. The summed E-state index contributed by atoms with van der Waals surface area (Å²) in [6.07, 6.45) is 5.33. The Bertz CT molecular complexity index is 638. The van der Waals surface area contributed by atoms with Gasteiger partial charge < -0.3 is 20.1 Å². The van der Waals surface area contributed by atoms with Gasteiger partial charge in [-0.3, -0.25) is 4.79 Å². The number of ether oxygens (including phenoxy) is 1.